The average Bonchev–Trinajstić information content (AvgIpc) is 3.35. The number of rotatable bonds is 3. The van der Waals surface area contributed by atoms with Crippen molar-refractivity contribution in [2.24, 2.45) is 5.92 Å². The molecule has 2 bridgehead atoms. The van der Waals surface area contributed by atoms with Crippen LogP contribution in [0.4, 0.5) is 0 Å². The second-order valence-electron chi connectivity index (χ2n) is 8.04. The van der Waals surface area contributed by atoms with Crippen LogP contribution in [0.1, 0.15) is 50.8 Å². The first-order chi connectivity index (χ1) is 12.8. The van der Waals surface area contributed by atoms with Crippen LogP contribution in [-0.2, 0) is 17.8 Å². The third-order valence-corrected chi connectivity index (χ3v) is 6.40. The van der Waals surface area contributed by atoms with Gasteiger partial charge in [0, 0.05) is 43.4 Å². The Morgan fingerprint density at radius 3 is 2.77 bits per heavy atom. The smallest absolute Gasteiger partial charge is 0.223 e. The molecule has 4 heterocycles. The number of amides is 1. The van der Waals surface area contributed by atoms with Crippen LogP contribution in [0.25, 0.3) is 11.4 Å². The summed E-state index contributed by atoms with van der Waals surface area (Å²) < 4.78 is 2.22. The van der Waals surface area contributed by atoms with Crippen LogP contribution in [0.2, 0.25) is 0 Å². The third kappa shape index (κ3) is 2.72. The number of carbonyl (C=O) groups excluding carboxylic acids is 1. The lowest BCUT2D eigenvalue weighted by Gasteiger charge is -2.29. The van der Waals surface area contributed by atoms with E-state index in [1.807, 2.05) is 18.3 Å². The van der Waals surface area contributed by atoms with Crippen molar-refractivity contribution in [2.45, 2.75) is 70.0 Å². The van der Waals surface area contributed by atoms with Gasteiger partial charge in [-0.2, -0.15) is 0 Å². The van der Waals surface area contributed by atoms with E-state index < -0.39 is 0 Å². The van der Waals surface area contributed by atoms with Crippen molar-refractivity contribution in [3.63, 3.8) is 0 Å². The standard InChI is InChI=1S/C20H25N5O/c26-19(10-14-4-1-2-5-14)25-16-7-8-17(25)13-24-18(11-16)22-23-20(24)15-6-3-9-21-12-15/h3,6,9,12,14,16-17H,1-2,4-5,7-8,10-11,13H2. The number of hydrogen-bond donors (Lipinski definition) is 0. The molecule has 0 aromatic carbocycles. The highest BCUT2D eigenvalue weighted by Crippen LogP contribution is 2.35. The Hall–Kier alpha value is -2.24. The van der Waals surface area contributed by atoms with Gasteiger partial charge in [-0.15, -0.1) is 10.2 Å². The highest BCUT2D eigenvalue weighted by atomic mass is 16.2. The van der Waals surface area contributed by atoms with Gasteiger partial charge in [-0.3, -0.25) is 9.78 Å². The Morgan fingerprint density at radius 2 is 1.96 bits per heavy atom. The minimum absolute atomic E-state index is 0.279. The molecule has 6 nitrogen and oxygen atoms in total. The summed E-state index contributed by atoms with van der Waals surface area (Å²) >= 11 is 0. The van der Waals surface area contributed by atoms with Crippen LogP contribution >= 0.6 is 0 Å². The first-order valence-corrected chi connectivity index (χ1v) is 9.93. The van der Waals surface area contributed by atoms with Crippen molar-refractivity contribution in [3.05, 3.63) is 30.4 Å². The third-order valence-electron chi connectivity index (χ3n) is 6.40. The molecule has 0 radical (unpaired) electrons. The molecule has 2 aromatic heterocycles. The lowest BCUT2D eigenvalue weighted by molar-refractivity contribution is -0.135. The van der Waals surface area contributed by atoms with Crippen molar-refractivity contribution < 1.29 is 4.79 Å². The monoisotopic (exact) mass is 351 g/mol. The first kappa shape index (κ1) is 16.0. The van der Waals surface area contributed by atoms with E-state index in [9.17, 15) is 4.79 Å². The minimum Gasteiger partial charge on any atom is -0.334 e. The van der Waals surface area contributed by atoms with E-state index >= 15 is 0 Å². The van der Waals surface area contributed by atoms with Crippen LogP contribution in [0.15, 0.2) is 24.5 Å². The predicted octanol–water partition coefficient (Wildman–Crippen LogP) is 2.84. The predicted molar refractivity (Wildman–Crippen MR) is 97.2 cm³/mol. The summed E-state index contributed by atoms with van der Waals surface area (Å²) in [6, 6.07) is 4.52. The maximum atomic E-state index is 13.1. The molecular formula is C20H25N5O. The topological polar surface area (TPSA) is 63.9 Å². The van der Waals surface area contributed by atoms with Crippen molar-refractivity contribution in [1.82, 2.24) is 24.6 Å². The fourth-order valence-electron chi connectivity index (χ4n) is 5.12. The summed E-state index contributed by atoms with van der Waals surface area (Å²) in [5.41, 5.74) is 0.993. The number of carbonyl (C=O) groups is 1. The Kier molecular flexibility index (Phi) is 3.98. The van der Waals surface area contributed by atoms with E-state index in [0.29, 0.717) is 17.9 Å². The van der Waals surface area contributed by atoms with Crippen LogP contribution < -0.4 is 0 Å². The molecule has 26 heavy (non-hydrogen) atoms. The minimum atomic E-state index is 0.279. The number of nitrogens with zero attached hydrogens (tertiary/aromatic N) is 5. The largest absolute Gasteiger partial charge is 0.334 e. The molecule has 2 fully saturated rings. The zero-order chi connectivity index (χ0) is 17.5. The second kappa shape index (κ2) is 6.49. The first-order valence-electron chi connectivity index (χ1n) is 9.93. The van der Waals surface area contributed by atoms with Gasteiger partial charge in [-0.1, -0.05) is 12.8 Å². The Balaban J connectivity index is 1.40. The van der Waals surface area contributed by atoms with Crippen LogP contribution in [-0.4, -0.2) is 42.6 Å². The molecule has 2 unspecified atom stereocenters. The lowest BCUT2D eigenvalue weighted by atomic mass is 10.0. The van der Waals surface area contributed by atoms with Gasteiger partial charge in [0.2, 0.25) is 5.91 Å². The summed E-state index contributed by atoms with van der Waals surface area (Å²) in [7, 11) is 0. The molecule has 2 aromatic rings. The normalized spacial score (nSPS) is 25.3. The van der Waals surface area contributed by atoms with Gasteiger partial charge in [0.1, 0.15) is 5.82 Å². The van der Waals surface area contributed by atoms with E-state index in [2.05, 4.69) is 24.6 Å². The van der Waals surface area contributed by atoms with Crippen molar-refractivity contribution >= 4 is 5.91 Å². The zero-order valence-electron chi connectivity index (χ0n) is 15.0. The van der Waals surface area contributed by atoms with E-state index in [1.165, 1.54) is 25.7 Å². The van der Waals surface area contributed by atoms with Gasteiger partial charge >= 0.3 is 0 Å². The molecule has 0 spiro atoms. The number of pyridine rings is 1. The molecular weight excluding hydrogens is 326 g/mol. The summed E-state index contributed by atoms with van der Waals surface area (Å²) in [6.07, 6.45) is 12.4. The van der Waals surface area contributed by atoms with E-state index in [0.717, 1.165) is 49.4 Å². The van der Waals surface area contributed by atoms with Crippen molar-refractivity contribution in [2.75, 3.05) is 0 Å². The molecule has 1 saturated carbocycles. The van der Waals surface area contributed by atoms with Crippen LogP contribution in [0.3, 0.4) is 0 Å². The van der Waals surface area contributed by atoms with Crippen molar-refractivity contribution in [3.8, 4) is 11.4 Å². The quantitative estimate of drug-likeness (QED) is 0.853. The summed E-state index contributed by atoms with van der Waals surface area (Å²) in [5.74, 6) is 2.86. The molecule has 3 aliphatic rings. The molecule has 1 amide bonds. The molecule has 0 N–H and O–H groups in total. The number of hydrogen-bond acceptors (Lipinski definition) is 4. The van der Waals surface area contributed by atoms with E-state index in [1.54, 1.807) is 6.20 Å². The Bertz CT molecular complexity index is 796. The molecule has 5 rings (SSSR count). The highest BCUT2D eigenvalue weighted by Gasteiger charge is 2.41. The summed E-state index contributed by atoms with van der Waals surface area (Å²) in [6.45, 7) is 0.805. The maximum absolute atomic E-state index is 13.1. The molecule has 136 valence electrons. The maximum Gasteiger partial charge on any atom is 0.223 e. The number of fused-ring (bicyclic) bond motifs is 3. The summed E-state index contributed by atoms with van der Waals surface area (Å²) in [5, 5.41) is 8.89. The Labute approximate surface area is 153 Å². The highest BCUT2D eigenvalue weighted by molar-refractivity contribution is 5.77. The SMILES string of the molecule is O=C(CC1CCCC1)N1C2CCC1Cn1c(nnc1-c1cccnc1)C2. The van der Waals surface area contributed by atoms with Crippen LogP contribution in [0, 0.1) is 5.92 Å². The molecule has 1 aliphatic carbocycles. The molecule has 6 heteroatoms. The molecule has 2 atom stereocenters. The van der Waals surface area contributed by atoms with Gasteiger partial charge in [-0.25, -0.2) is 0 Å². The van der Waals surface area contributed by atoms with Gasteiger partial charge in [0.15, 0.2) is 5.82 Å². The van der Waals surface area contributed by atoms with E-state index in [-0.39, 0.29) is 6.04 Å². The summed E-state index contributed by atoms with van der Waals surface area (Å²) in [4.78, 5) is 19.5. The second-order valence-corrected chi connectivity index (χ2v) is 8.04. The lowest BCUT2D eigenvalue weighted by Crippen LogP contribution is -2.42. The molecule has 2 aliphatic heterocycles. The fourth-order valence-corrected chi connectivity index (χ4v) is 5.12. The zero-order valence-corrected chi connectivity index (χ0v) is 15.0. The number of aromatic nitrogens is 4. The van der Waals surface area contributed by atoms with Crippen LogP contribution in [0.5, 0.6) is 0 Å². The van der Waals surface area contributed by atoms with E-state index in [4.69, 9.17) is 0 Å². The van der Waals surface area contributed by atoms with Gasteiger partial charge in [0.25, 0.3) is 0 Å². The van der Waals surface area contributed by atoms with Gasteiger partial charge in [0.05, 0.1) is 6.04 Å². The Morgan fingerprint density at radius 1 is 1.12 bits per heavy atom. The fraction of sp³-hybridized carbons (Fsp3) is 0.600. The molecule has 1 saturated heterocycles. The van der Waals surface area contributed by atoms with Crippen molar-refractivity contribution in [1.29, 1.82) is 0 Å². The van der Waals surface area contributed by atoms with Gasteiger partial charge in [-0.05, 0) is 43.7 Å². The average molecular weight is 351 g/mol. The van der Waals surface area contributed by atoms with Gasteiger partial charge < -0.3 is 9.47 Å².